The second kappa shape index (κ2) is 9.06. The van der Waals surface area contributed by atoms with Crippen LogP contribution in [-0.4, -0.2) is 46.6 Å². The number of aromatic nitrogens is 3. The Morgan fingerprint density at radius 2 is 1.74 bits per heavy atom. The van der Waals surface area contributed by atoms with Gasteiger partial charge >= 0.3 is 6.18 Å². The number of nitrogens with zero attached hydrogens (tertiary/aromatic N) is 4. The van der Waals surface area contributed by atoms with Crippen molar-refractivity contribution in [3.05, 3.63) is 60.6 Å². The van der Waals surface area contributed by atoms with Crippen LogP contribution in [0.3, 0.4) is 0 Å². The van der Waals surface area contributed by atoms with E-state index in [1.807, 2.05) is 18.2 Å². The van der Waals surface area contributed by atoms with Crippen molar-refractivity contribution in [2.24, 2.45) is 5.92 Å². The van der Waals surface area contributed by atoms with Crippen LogP contribution in [0.4, 0.5) is 13.2 Å². The molecule has 9 heteroatoms. The minimum Gasteiger partial charge on any atom is -0.493 e. The molecule has 1 fully saturated rings. The summed E-state index contributed by atoms with van der Waals surface area (Å²) in [4.78, 5) is 14.9. The third-order valence-electron chi connectivity index (χ3n) is 6.01. The Bertz CT molecular complexity index is 1330. The summed E-state index contributed by atoms with van der Waals surface area (Å²) in [6.07, 6.45) is 0.404. The molecule has 0 N–H and O–H groups in total. The number of alkyl halides is 3. The number of piperidine rings is 1. The van der Waals surface area contributed by atoms with Crippen LogP contribution in [-0.2, 0) is 6.18 Å². The van der Waals surface area contributed by atoms with Crippen molar-refractivity contribution >= 4 is 21.8 Å². The van der Waals surface area contributed by atoms with Crippen molar-refractivity contribution < 1.29 is 22.6 Å². The number of likely N-dealkylation sites (tertiary alicyclic amines) is 1. The third kappa shape index (κ3) is 4.75. The molecule has 1 saturated heterocycles. The van der Waals surface area contributed by atoms with Gasteiger partial charge in [-0.05, 0) is 56.8 Å². The van der Waals surface area contributed by atoms with E-state index >= 15 is 0 Å². The fourth-order valence-corrected chi connectivity index (χ4v) is 4.36. The minimum atomic E-state index is -4.46. The molecule has 0 bridgehead atoms. The first-order chi connectivity index (χ1) is 16.4. The summed E-state index contributed by atoms with van der Waals surface area (Å²) in [5, 5.41) is 0.685. The maximum atomic E-state index is 13.3. The van der Waals surface area contributed by atoms with E-state index < -0.39 is 11.7 Å². The van der Waals surface area contributed by atoms with E-state index in [0.717, 1.165) is 37.5 Å². The zero-order chi connectivity index (χ0) is 23.7. The van der Waals surface area contributed by atoms with Crippen LogP contribution in [0.1, 0.15) is 18.4 Å². The van der Waals surface area contributed by atoms with Crippen LogP contribution in [0, 0.1) is 5.92 Å². The second-order valence-electron chi connectivity index (χ2n) is 8.58. The SMILES string of the molecule is CN1CCCC(COc2ccc3c(Oc4ccc5c(C(F)(F)F)ccnc5c4)ncnc3c2)C1. The van der Waals surface area contributed by atoms with Crippen LogP contribution in [0.15, 0.2) is 55.0 Å². The lowest BCUT2D eigenvalue weighted by molar-refractivity contribution is -0.136. The molecule has 1 aliphatic rings. The predicted octanol–water partition coefficient (Wildman–Crippen LogP) is 5.71. The molecule has 176 valence electrons. The van der Waals surface area contributed by atoms with Gasteiger partial charge in [0.15, 0.2) is 0 Å². The van der Waals surface area contributed by atoms with Gasteiger partial charge in [0.2, 0.25) is 5.88 Å². The van der Waals surface area contributed by atoms with Gasteiger partial charge in [0.25, 0.3) is 0 Å². The highest BCUT2D eigenvalue weighted by molar-refractivity contribution is 5.86. The summed E-state index contributed by atoms with van der Waals surface area (Å²) in [5.74, 6) is 1.86. The number of rotatable bonds is 5. The van der Waals surface area contributed by atoms with E-state index in [1.54, 1.807) is 0 Å². The molecule has 3 heterocycles. The summed E-state index contributed by atoms with van der Waals surface area (Å²) in [7, 11) is 2.13. The van der Waals surface area contributed by atoms with Gasteiger partial charge in [-0.3, -0.25) is 4.98 Å². The lowest BCUT2D eigenvalue weighted by atomic mass is 10.00. The molecule has 34 heavy (non-hydrogen) atoms. The van der Waals surface area contributed by atoms with Gasteiger partial charge in [0.1, 0.15) is 17.8 Å². The van der Waals surface area contributed by atoms with E-state index in [0.29, 0.717) is 35.1 Å². The third-order valence-corrected chi connectivity index (χ3v) is 6.01. The standard InChI is InChI=1S/C25H23F3N4O2/c1-32-10-2-3-16(13-32)14-33-17-4-7-20-23(11-17)30-15-31-24(20)34-18-5-6-19-21(25(26,27)28)8-9-29-22(19)12-18/h4-9,11-12,15-16H,2-3,10,13-14H2,1H3. The average molecular weight is 468 g/mol. The Labute approximate surface area is 194 Å². The summed E-state index contributed by atoms with van der Waals surface area (Å²) >= 11 is 0. The molecule has 0 radical (unpaired) electrons. The molecular formula is C25H23F3N4O2. The van der Waals surface area contributed by atoms with Crippen molar-refractivity contribution in [1.29, 1.82) is 0 Å². The number of hydrogen-bond acceptors (Lipinski definition) is 6. The van der Waals surface area contributed by atoms with Crippen LogP contribution >= 0.6 is 0 Å². The van der Waals surface area contributed by atoms with E-state index in [4.69, 9.17) is 9.47 Å². The molecule has 1 aliphatic heterocycles. The predicted molar refractivity (Wildman–Crippen MR) is 122 cm³/mol. The Morgan fingerprint density at radius 1 is 0.971 bits per heavy atom. The fourth-order valence-electron chi connectivity index (χ4n) is 4.36. The topological polar surface area (TPSA) is 60.4 Å². The van der Waals surface area contributed by atoms with Crippen LogP contribution < -0.4 is 9.47 Å². The van der Waals surface area contributed by atoms with E-state index in [9.17, 15) is 13.2 Å². The number of pyridine rings is 1. The molecule has 5 rings (SSSR count). The van der Waals surface area contributed by atoms with Crippen LogP contribution in [0.2, 0.25) is 0 Å². The molecular weight excluding hydrogens is 445 g/mol. The van der Waals surface area contributed by atoms with Gasteiger partial charge in [-0.1, -0.05) is 0 Å². The lowest BCUT2D eigenvalue weighted by Crippen LogP contribution is -2.34. The van der Waals surface area contributed by atoms with Gasteiger partial charge in [0, 0.05) is 36.2 Å². The molecule has 2 aromatic carbocycles. The first-order valence-electron chi connectivity index (χ1n) is 11.1. The summed E-state index contributed by atoms with van der Waals surface area (Å²) in [6, 6.07) is 10.8. The van der Waals surface area contributed by atoms with Crippen LogP contribution in [0.25, 0.3) is 21.8 Å². The highest BCUT2D eigenvalue weighted by atomic mass is 19.4. The lowest BCUT2D eigenvalue weighted by Gasteiger charge is -2.29. The van der Waals surface area contributed by atoms with Gasteiger partial charge in [-0.2, -0.15) is 13.2 Å². The summed E-state index contributed by atoms with van der Waals surface area (Å²) in [5.41, 5.74) is 0.111. The first kappa shape index (κ1) is 22.3. The molecule has 1 atom stereocenters. The summed E-state index contributed by atoms with van der Waals surface area (Å²) in [6.45, 7) is 2.80. The maximum Gasteiger partial charge on any atom is 0.417 e. The van der Waals surface area contributed by atoms with Gasteiger partial charge in [-0.15, -0.1) is 0 Å². The first-order valence-corrected chi connectivity index (χ1v) is 11.1. The monoisotopic (exact) mass is 468 g/mol. The summed E-state index contributed by atoms with van der Waals surface area (Å²) < 4.78 is 51.7. The molecule has 0 saturated carbocycles. The Hall–Kier alpha value is -3.46. The minimum absolute atomic E-state index is 0.0147. The average Bonchev–Trinajstić information content (AvgIpc) is 2.82. The highest BCUT2D eigenvalue weighted by Crippen LogP contribution is 2.36. The molecule has 1 unspecified atom stereocenters. The number of benzene rings is 2. The van der Waals surface area contributed by atoms with Crippen molar-refractivity contribution in [3.8, 4) is 17.4 Å². The Kier molecular flexibility index (Phi) is 5.95. The molecule has 0 amide bonds. The largest absolute Gasteiger partial charge is 0.493 e. The highest BCUT2D eigenvalue weighted by Gasteiger charge is 2.32. The normalized spacial score (nSPS) is 17.2. The second-order valence-corrected chi connectivity index (χ2v) is 8.58. The Balaban J connectivity index is 1.36. The van der Waals surface area contributed by atoms with Crippen LogP contribution in [0.5, 0.6) is 17.4 Å². The molecule has 6 nitrogen and oxygen atoms in total. The van der Waals surface area contributed by atoms with E-state index in [-0.39, 0.29) is 10.9 Å². The molecule has 0 aliphatic carbocycles. The number of ether oxygens (including phenoxy) is 2. The van der Waals surface area contributed by atoms with Gasteiger partial charge in [-0.25, -0.2) is 9.97 Å². The maximum absolute atomic E-state index is 13.3. The van der Waals surface area contributed by atoms with Crippen molar-refractivity contribution in [3.63, 3.8) is 0 Å². The zero-order valence-corrected chi connectivity index (χ0v) is 18.5. The van der Waals surface area contributed by atoms with Gasteiger partial charge < -0.3 is 14.4 Å². The zero-order valence-electron chi connectivity index (χ0n) is 18.5. The molecule has 0 spiro atoms. The van der Waals surface area contributed by atoms with Crippen molar-refractivity contribution in [2.75, 3.05) is 26.7 Å². The van der Waals surface area contributed by atoms with Gasteiger partial charge in [0.05, 0.1) is 28.6 Å². The molecule has 4 aromatic rings. The van der Waals surface area contributed by atoms with E-state index in [1.165, 1.54) is 30.9 Å². The fraction of sp³-hybridized carbons (Fsp3) is 0.320. The quantitative estimate of drug-likeness (QED) is 0.374. The van der Waals surface area contributed by atoms with Crippen molar-refractivity contribution in [1.82, 2.24) is 19.9 Å². The van der Waals surface area contributed by atoms with E-state index in [2.05, 4.69) is 26.9 Å². The number of hydrogen-bond donors (Lipinski definition) is 0. The number of halogens is 3. The Morgan fingerprint density at radius 3 is 2.56 bits per heavy atom. The molecule has 2 aromatic heterocycles. The van der Waals surface area contributed by atoms with Crippen molar-refractivity contribution in [2.45, 2.75) is 19.0 Å². The smallest absolute Gasteiger partial charge is 0.417 e. The number of fused-ring (bicyclic) bond motifs is 2.